The molecule has 2 heterocycles. The van der Waals surface area contributed by atoms with Gasteiger partial charge < -0.3 is 15.6 Å². The molecule has 0 atom stereocenters. The maximum Gasteiger partial charge on any atom is 0.129 e. The van der Waals surface area contributed by atoms with Gasteiger partial charge in [0.1, 0.15) is 18.0 Å². The number of imidazole rings is 1. The van der Waals surface area contributed by atoms with Crippen LogP contribution in [-0.4, -0.2) is 32.1 Å². The molecule has 2 aliphatic rings. The van der Waals surface area contributed by atoms with Gasteiger partial charge in [0, 0.05) is 54.6 Å². The highest BCUT2D eigenvalue weighted by Gasteiger charge is 2.43. The second-order valence-electron chi connectivity index (χ2n) is 7.21. The van der Waals surface area contributed by atoms with Gasteiger partial charge in [-0.3, -0.25) is 0 Å². The van der Waals surface area contributed by atoms with Crippen LogP contribution >= 0.6 is 0 Å². The van der Waals surface area contributed by atoms with Gasteiger partial charge in [0.25, 0.3) is 0 Å². The summed E-state index contributed by atoms with van der Waals surface area (Å²) in [6.07, 6.45) is 10.2. The van der Waals surface area contributed by atoms with Crippen LogP contribution < -0.4 is 11.1 Å². The first kappa shape index (κ1) is 14.6. The molecular formula is C17H24N6. The summed E-state index contributed by atoms with van der Waals surface area (Å²) in [6.45, 7) is 4.04. The van der Waals surface area contributed by atoms with E-state index in [0.717, 1.165) is 43.3 Å². The average Bonchev–Trinajstić information content (AvgIpc) is 3.18. The summed E-state index contributed by atoms with van der Waals surface area (Å²) < 4.78 is 2.25. The largest absolute Gasteiger partial charge is 0.369 e. The Morgan fingerprint density at radius 3 is 2.78 bits per heavy atom. The number of anilines is 1. The van der Waals surface area contributed by atoms with E-state index in [9.17, 15) is 0 Å². The molecule has 0 unspecified atom stereocenters. The molecule has 2 aromatic heterocycles. The smallest absolute Gasteiger partial charge is 0.129 e. The van der Waals surface area contributed by atoms with Crippen molar-refractivity contribution < 1.29 is 0 Å². The first-order valence-corrected chi connectivity index (χ1v) is 8.43. The van der Waals surface area contributed by atoms with E-state index in [0.29, 0.717) is 17.4 Å². The Hall–Kier alpha value is -1.95. The van der Waals surface area contributed by atoms with E-state index in [-0.39, 0.29) is 0 Å². The second kappa shape index (κ2) is 5.60. The molecule has 0 aliphatic heterocycles. The third-order valence-corrected chi connectivity index (χ3v) is 5.31. The molecule has 0 aromatic carbocycles. The van der Waals surface area contributed by atoms with Crippen molar-refractivity contribution in [3.05, 3.63) is 36.3 Å². The lowest BCUT2D eigenvalue weighted by molar-refractivity contribution is 0.345. The molecule has 2 aromatic rings. The van der Waals surface area contributed by atoms with Gasteiger partial charge in [0.05, 0.1) is 0 Å². The minimum Gasteiger partial charge on any atom is -0.369 e. The Balaban J connectivity index is 1.37. The Morgan fingerprint density at radius 2 is 2.13 bits per heavy atom. The van der Waals surface area contributed by atoms with Crippen molar-refractivity contribution in [2.45, 2.75) is 51.1 Å². The SMILES string of the molecule is Cc1nccn1CC1(CNc2cc(C3CC(N)C3)ncn2)CC1. The van der Waals surface area contributed by atoms with Crippen molar-refractivity contribution in [3.63, 3.8) is 0 Å². The molecule has 4 rings (SSSR count). The van der Waals surface area contributed by atoms with Gasteiger partial charge in [0.15, 0.2) is 0 Å². The van der Waals surface area contributed by atoms with Gasteiger partial charge in [-0.15, -0.1) is 0 Å². The summed E-state index contributed by atoms with van der Waals surface area (Å²) in [5, 5.41) is 3.52. The Bertz CT molecular complexity index is 684. The fraction of sp³-hybridized carbons (Fsp3) is 0.588. The predicted octanol–water partition coefficient (Wildman–Crippen LogP) is 2.08. The van der Waals surface area contributed by atoms with Gasteiger partial charge in [-0.25, -0.2) is 15.0 Å². The summed E-state index contributed by atoms with van der Waals surface area (Å²) in [5.41, 5.74) is 7.35. The highest BCUT2D eigenvalue weighted by Crippen LogP contribution is 2.47. The van der Waals surface area contributed by atoms with Gasteiger partial charge in [-0.05, 0) is 32.6 Å². The second-order valence-corrected chi connectivity index (χ2v) is 7.21. The van der Waals surface area contributed by atoms with E-state index >= 15 is 0 Å². The minimum absolute atomic E-state index is 0.343. The summed E-state index contributed by atoms with van der Waals surface area (Å²) in [4.78, 5) is 13.1. The van der Waals surface area contributed by atoms with Crippen LogP contribution in [0, 0.1) is 12.3 Å². The highest BCUT2D eigenvalue weighted by atomic mass is 15.1. The fourth-order valence-electron chi connectivity index (χ4n) is 3.37. The molecule has 3 N–H and O–H groups in total. The number of nitrogens with one attached hydrogen (secondary N) is 1. The van der Waals surface area contributed by atoms with Crippen molar-refractivity contribution in [2.24, 2.45) is 11.1 Å². The van der Waals surface area contributed by atoms with Crippen molar-refractivity contribution in [1.82, 2.24) is 19.5 Å². The number of aromatic nitrogens is 4. The minimum atomic E-state index is 0.343. The Morgan fingerprint density at radius 1 is 1.30 bits per heavy atom. The van der Waals surface area contributed by atoms with Gasteiger partial charge in [-0.2, -0.15) is 0 Å². The van der Waals surface area contributed by atoms with Crippen molar-refractivity contribution >= 4 is 5.82 Å². The summed E-state index contributed by atoms with van der Waals surface area (Å²) in [7, 11) is 0. The molecule has 0 spiro atoms. The molecule has 2 fully saturated rings. The lowest BCUT2D eigenvalue weighted by Gasteiger charge is -2.31. The molecular weight excluding hydrogens is 288 g/mol. The highest BCUT2D eigenvalue weighted by molar-refractivity contribution is 5.37. The Labute approximate surface area is 136 Å². The zero-order valence-corrected chi connectivity index (χ0v) is 13.6. The summed E-state index contributed by atoms with van der Waals surface area (Å²) in [6, 6.07) is 2.44. The van der Waals surface area contributed by atoms with Crippen LogP contribution in [-0.2, 0) is 6.54 Å². The first-order chi connectivity index (χ1) is 11.1. The van der Waals surface area contributed by atoms with E-state index in [4.69, 9.17) is 5.73 Å². The van der Waals surface area contributed by atoms with Crippen LogP contribution in [0.5, 0.6) is 0 Å². The molecule has 0 saturated heterocycles. The van der Waals surface area contributed by atoms with Crippen LogP contribution in [0.3, 0.4) is 0 Å². The quantitative estimate of drug-likeness (QED) is 0.853. The molecule has 2 saturated carbocycles. The molecule has 0 amide bonds. The molecule has 6 heteroatoms. The molecule has 122 valence electrons. The van der Waals surface area contributed by atoms with Crippen molar-refractivity contribution in [3.8, 4) is 0 Å². The number of hydrogen-bond donors (Lipinski definition) is 2. The van der Waals surface area contributed by atoms with E-state index < -0.39 is 0 Å². The fourth-order valence-corrected chi connectivity index (χ4v) is 3.37. The predicted molar refractivity (Wildman–Crippen MR) is 89.1 cm³/mol. The summed E-state index contributed by atoms with van der Waals surface area (Å²) >= 11 is 0. The van der Waals surface area contributed by atoms with Crippen LogP contribution in [0.2, 0.25) is 0 Å². The third kappa shape index (κ3) is 3.08. The number of nitrogens with zero attached hydrogens (tertiary/aromatic N) is 4. The Kier molecular flexibility index (Phi) is 3.56. The zero-order chi connectivity index (χ0) is 15.9. The van der Waals surface area contributed by atoms with Crippen LogP contribution in [0.25, 0.3) is 0 Å². The van der Waals surface area contributed by atoms with E-state index in [1.165, 1.54) is 12.8 Å². The zero-order valence-electron chi connectivity index (χ0n) is 13.6. The normalized spacial score (nSPS) is 25.0. The van der Waals surface area contributed by atoms with E-state index in [1.54, 1.807) is 6.33 Å². The van der Waals surface area contributed by atoms with Crippen molar-refractivity contribution in [2.75, 3.05) is 11.9 Å². The molecule has 0 bridgehead atoms. The lowest BCUT2D eigenvalue weighted by Crippen LogP contribution is -2.35. The maximum atomic E-state index is 5.88. The maximum absolute atomic E-state index is 5.88. The van der Waals surface area contributed by atoms with Gasteiger partial charge in [0.2, 0.25) is 0 Å². The third-order valence-electron chi connectivity index (χ3n) is 5.31. The standard InChI is InChI=1S/C17H24N6/c1-12-19-4-5-23(12)10-17(2-3-17)9-20-16-8-15(21-11-22-16)13-6-14(18)7-13/h4-5,8,11,13-14H,2-3,6-7,9-10,18H2,1H3,(H,20,21,22). The van der Waals surface area contributed by atoms with Crippen LogP contribution in [0.15, 0.2) is 24.8 Å². The van der Waals surface area contributed by atoms with E-state index in [1.807, 2.05) is 6.20 Å². The van der Waals surface area contributed by atoms with Crippen LogP contribution in [0.4, 0.5) is 5.82 Å². The first-order valence-electron chi connectivity index (χ1n) is 8.43. The molecule has 0 radical (unpaired) electrons. The van der Waals surface area contributed by atoms with Crippen LogP contribution in [0.1, 0.15) is 43.1 Å². The number of hydrogen-bond acceptors (Lipinski definition) is 5. The molecule has 2 aliphatic carbocycles. The number of rotatable bonds is 6. The number of aryl methyl sites for hydroxylation is 1. The topological polar surface area (TPSA) is 81.7 Å². The monoisotopic (exact) mass is 312 g/mol. The summed E-state index contributed by atoms with van der Waals surface area (Å²) in [5.74, 6) is 2.53. The van der Waals surface area contributed by atoms with Gasteiger partial charge >= 0.3 is 0 Å². The number of nitrogens with two attached hydrogens (primary N) is 1. The average molecular weight is 312 g/mol. The van der Waals surface area contributed by atoms with Crippen molar-refractivity contribution in [1.29, 1.82) is 0 Å². The van der Waals surface area contributed by atoms with Gasteiger partial charge in [-0.1, -0.05) is 0 Å². The molecule has 23 heavy (non-hydrogen) atoms. The lowest BCUT2D eigenvalue weighted by atomic mass is 9.78. The molecule has 6 nitrogen and oxygen atoms in total. The van der Waals surface area contributed by atoms with E-state index in [2.05, 4.69) is 44.0 Å².